The lowest BCUT2D eigenvalue weighted by atomic mass is 10.2. The first-order chi connectivity index (χ1) is 8.43. The van der Waals surface area contributed by atoms with Crippen LogP contribution >= 0.6 is 15.9 Å². The maximum Gasteiger partial charge on any atom is 0.255 e. The molecule has 5 nitrogen and oxygen atoms in total. The van der Waals surface area contributed by atoms with Crippen LogP contribution in [0.2, 0.25) is 0 Å². The number of rotatable bonds is 5. The summed E-state index contributed by atoms with van der Waals surface area (Å²) in [6, 6.07) is 1.84. The van der Waals surface area contributed by atoms with Gasteiger partial charge in [0.1, 0.15) is 5.82 Å². The quantitative estimate of drug-likeness (QED) is 0.866. The number of aromatic nitrogens is 1. The smallest absolute Gasteiger partial charge is 0.255 e. The van der Waals surface area contributed by atoms with Gasteiger partial charge in [0.2, 0.25) is 0 Å². The van der Waals surface area contributed by atoms with Crippen molar-refractivity contribution >= 4 is 27.7 Å². The van der Waals surface area contributed by atoms with Crippen LogP contribution in [0.25, 0.3) is 0 Å². The fourth-order valence-corrected chi connectivity index (χ4v) is 2.04. The molecule has 2 N–H and O–H groups in total. The molecule has 1 aromatic rings. The Bertz CT molecular complexity index is 423. The van der Waals surface area contributed by atoms with E-state index in [1.807, 2.05) is 25.9 Å². The zero-order valence-corrected chi connectivity index (χ0v) is 12.7. The van der Waals surface area contributed by atoms with E-state index in [1.165, 1.54) is 0 Å². The van der Waals surface area contributed by atoms with Crippen molar-refractivity contribution < 1.29 is 4.79 Å². The van der Waals surface area contributed by atoms with Crippen molar-refractivity contribution in [3.8, 4) is 0 Å². The Balaban J connectivity index is 2.80. The minimum Gasteiger partial charge on any atom is -0.372 e. The summed E-state index contributed by atoms with van der Waals surface area (Å²) in [7, 11) is 5.70. The van der Waals surface area contributed by atoms with Crippen LogP contribution in [-0.2, 0) is 0 Å². The Kier molecular flexibility index (Phi) is 5.55. The number of nitrogens with one attached hydrogen (secondary N) is 2. The first kappa shape index (κ1) is 14.9. The molecule has 1 aromatic heterocycles. The molecule has 0 aliphatic heterocycles. The van der Waals surface area contributed by atoms with E-state index >= 15 is 0 Å². The van der Waals surface area contributed by atoms with Gasteiger partial charge in [-0.1, -0.05) is 0 Å². The van der Waals surface area contributed by atoms with Gasteiger partial charge >= 0.3 is 0 Å². The van der Waals surface area contributed by atoms with E-state index in [9.17, 15) is 4.79 Å². The molecular weight excluding hydrogens is 296 g/mol. The van der Waals surface area contributed by atoms with E-state index in [4.69, 9.17) is 0 Å². The molecule has 1 rings (SSSR count). The van der Waals surface area contributed by atoms with Crippen molar-refractivity contribution in [2.45, 2.75) is 13.0 Å². The third-order valence-corrected chi connectivity index (χ3v) is 2.79. The first-order valence-corrected chi connectivity index (χ1v) is 6.52. The van der Waals surface area contributed by atoms with Gasteiger partial charge in [-0.05, 0) is 43.0 Å². The number of likely N-dealkylation sites (N-methyl/N-ethyl adjacent to an activating group) is 1. The molecule has 0 aliphatic rings. The number of hydrogen-bond acceptors (Lipinski definition) is 4. The van der Waals surface area contributed by atoms with Gasteiger partial charge in [0.15, 0.2) is 0 Å². The van der Waals surface area contributed by atoms with Gasteiger partial charge in [-0.15, -0.1) is 0 Å². The van der Waals surface area contributed by atoms with E-state index in [0.29, 0.717) is 11.4 Å². The third-order valence-electron chi connectivity index (χ3n) is 2.35. The number of pyridine rings is 1. The fraction of sp³-hybridized carbons (Fsp3) is 0.500. The van der Waals surface area contributed by atoms with Crippen molar-refractivity contribution in [1.29, 1.82) is 0 Å². The second-order valence-corrected chi connectivity index (χ2v) is 5.35. The highest BCUT2D eigenvalue weighted by molar-refractivity contribution is 9.10. The molecule has 0 radical (unpaired) electrons. The SMILES string of the molecule is CNc1ncc(Br)cc1C(=O)NC(C)CN(C)C. The predicted octanol–water partition coefficient (Wildman–Crippen LogP) is 1.57. The number of nitrogens with zero attached hydrogens (tertiary/aromatic N) is 2. The molecule has 1 atom stereocenters. The average molecular weight is 315 g/mol. The van der Waals surface area contributed by atoms with Crippen molar-refractivity contribution in [2.24, 2.45) is 0 Å². The van der Waals surface area contributed by atoms with E-state index in [1.54, 1.807) is 19.3 Å². The van der Waals surface area contributed by atoms with Gasteiger partial charge < -0.3 is 15.5 Å². The molecule has 6 heteroatoms. The zero-order valence-electron chi connectivity index (χ0n) is 11.1. The Morgan fingerprint density at radius 1 is 1.56 bits per heavy atom. The Morgan fingerprint density at radius 3 is 2.78 bits per heavy atom. The summed E-state index contributed by atoms with van der Waals surface area (Å²) >= 11 is 3.32. The zero-order chi connectivity index (χ0) is 13.7. The van der Waals surface area contributed by atoms with Crippen LogP contribution in [0.3, 0.4) is 0 Å². The molecule has 0 aliphatic carbocycles. The lowest BCUT2D eigenvalue weighted by Crippen LogP contribution is -2.39. The molecule has 0 aromatic carbocycles. The standard InChI is InChI=1S/C12H19BrN4O/c1-8(7-17(3)4)16-12(18)10-5-9(13)6-15-11(10)14-2/h5-6,8H,7H2,1-4H3,(H,14,15)(H,16,18). The first-order valence-electron chi connectivity index (χ1n) is 5.73. The highest BCUT2D eigenvalue weighted by Crippen LogP contribution is 2.17. The number of carbonyl (C=O) groups is 1. The minimum absolute atomic E-state index is 0.0798. The summed E-state index contributed by atoms with van der Waals surface area (Å²) < 4.78 is 0.784. The molecule has 1 amide bonds. The van der Waals surface area contributed by atoms with Crippen molar-refractivity contribution in [3.63, 3.8) is 0 Å². The minimum atomic E-state index is -0.123. The largest absolute Gasteiger partial charge is 0.372 e. The van der Waals surface area contributed by atoms with Gasteiger partial charge in [-0.3, -0.25) is 4.79 Å². The van der Waals surface area contributed by atoms with Crippen molar-refractivity contribution in [1.82, 2.24) is 15.2 Å². The summed E-state index contributed by atoms with van der Waals surface area (Å²) in [6.45, 7) is 2.77. The number of amides is 1. The van der Waals surface area contributed by atoms with E-state index in [0.717, 1.165) is 11.0 Å². The van der Waals surface area contributed by atoms with Crippen LogP contribution in [0, 0.1) is 0 Å². The molecule has 100 valence electrons. The second-order valence-electron chi connectivity index (χ2n) is 4.44. The number of anilines is 1. The maximum absolute atomic E-state index is 12.1. The van der Waals surface area contributed by atoms with Gasteiger partial charge in [-0.2, -0.15) is 0 Å². The van der Waals surface area contributed by atoms with E-state index < -0.39 is 0 Å². The number of hydrogen-bond donors (Lipinski definition) is 2. The molecular formula is C12H19BrN4O. The summed E-state index contributed by atoms with van der Waals surface area (Å²) in [5.41, 5.74) is 0.539. The molecule has 0 saturated heterocycles. The average Bonchev–Trinajstić information content (AvgIpc) is 2.27. The molecule has 1 heterocycles. The van der Waals surface area contributed by atoms with Crippen LogP contribution in [0.4, 0.5) is 5.82 Å². The summed E-state index contributed by atoms with van der Waals surface area (Å²) in [6.07, 6.45) is 1.66. The lowest BCUT2D eigenvalue weighted by molar-refractivity contribution is 0.0935. The highest BCUT2D eigenvalue weighted by Gasteiger charge is 2.15. The van der Waals surface area contributed by atoms with Crippen LogP contribution in [0.15, 0.2) is 16.7 Å². The van der Waals surface area contributed by atoms with Gasteiger partial charge in [0.25, 0.3) is 5.91 Å². The third kappa shape index (κ3) is 4.27. The lowest BCUT2D eigenvalue weighted by Gasteiger charge is -2.19. The van der Waals surface area contributed by atoms with Crippen LogP contribution in [-0.4, -0.2) is 49.5 Å². The van der Waals surface area contributed by atoms with Gasteiger partial charge in [0.05, 0.1) is 5.56 Å². The van der Waals surface area contributed by atoms with Crippen LogP contribution in [0.5, 0.6) is 0 Å². The van der Waals surface area contributed by atoms with Crippen LogP contribution < -0.4 is 10.6 Å². The maximum atomic E-state index is 12.1. The molecule has 18 heavy (non-hydrogen) atoms. The fourth-order valence-electron chi connectivity index (χ4n) is 1.71. The molecule has 1 unspecified atom stereocenters. The summed E-state index contributed by atoms with van der Waals surface area (Å²) in [5, 5.41) is 5.86. The normalized spacial score (nSPS) is 12.3. The van der Waals surface area contributed by atoms with Gasteiger partial charge in [-0.25, -0.2) is 4.98 Å². The Morgan fingerprint density at radius 2 is 2.22 bits per heavy atom. The van der Waals surface area contributed by atoms with Crippen molar-refractivity contribution in [2.75, 3.05) is 33.0 Å². The Labute approximate surface area is 116 Å². The summed E-state index contributed by atoms with van der Waals surface area (Å²) in [5.74, 6) is 0.454. The summed E-state index contributed by atoms with van der Waals surface area (Å²) in [4.78, 5) is 18.3. The Hall–Kier alpha value is -1.14. The van der Waals surface area contributed by atoms with Crippen LogP contribution in [0.1, 0.15) is 17.3 Å². The molecule has 0 spiro atoms. The molecule has 0 saturated carbocycles. The molecule has 0 bridgehead atoms. The predicted molar refractivity (Wildman–Crippen MR) is 77.0 cm³/mol. The van der Waals surface area contributed by atoms with E-state index in [-0.39, 0.29) is 11.9 Å². The van der Waals surface area contributed by atoms with E-state index in [2.05, 4.69) is 31.5 Å². The highest BCUT2D eigenvalue weighted by atomic mass is 79.9. The second kappa shape index (κ2) is 6.70. The van der Waals surface area contributed by atoms with Crippen molar-refractivity contribution in [3.05, 3.63) is 22.3 Å². The monoisotopic (exact) mass is 314 g/mol. The topological polar surface area (TPSA) is 57.3 Å². The number of carbonyl (C=O) groups excluding carboxylic acids is 1. The van der Waals surface area contributed by atoms with Gasteiger partial charge in [0, 0.05) is 30.3 Å². The number of halogens is 1. The molecule has 0 fully saturated rings.